The first kappa shape index (κ1) is 26.8. The first-order valence-corrected chi connectivity index (χ1v) is 11.8. The Labute approximate surface area is 218 Å². The van der Waals surface area contributed by atoms with E-state index in [1.54, 1.807) is 42.1 Å². The molecule has 1 N–H and O–H groups in total. The van der Waals surface area contributed by atoms with Crippen LogP contribution in [-0.2, 0) is 19.6 Å². The van der Waals surface area contributed by atoms with E-state index in [1.807, 2.05) is 6.92 Å². The van der Waals surface area contributed by atoms with Crippen LogP contribution in [0.2, 0.25) is 0 Å². The molecule has 0 saturated carbocycles. The first-order valence-electron chi connectivity index (χ1n) is 11.8. The number of hydrogen-bond acceptors (Lipinski definition) is 7. The summed E-state index contributed by atoms with van der Waals surface area (Å²) in [6.07, 6.45) is 0.570. The van der Waals surface area contributed by atoms with Crippen LogP contribution >= 0.6 is 0 Å². The van der Waals surface area contributed by atoms with Crippen LogP contribution < -0.4 is 19.5 Å². The number of rotatable bonds is 9. The lowest BCUT2D eigenvalue weighted by Gasteiger charge is -2.13. The van der Waals surface area contributed by atoms with Gasteiger partial charge in [0.2, 0.25) is 5.75 Å². The number of aryl methyl sites for hydroxylation is 2. The van der Waals surface area contributed by atoms with Crippen LogP contribution in [0.4, 0.5) is 24.7 Å². The van der Waals surface area contributed by atoms with Crippen LogP contribution in [-0.4, -0.2) is 41.1 Å². The van der Waals surface area contributed by atoms with Crippen molar-refractivity contribution in [3.8, 4) is 17.2 Å². The summed E-state index contributed by atoms with van der Waals surface area (Å²) in [5, 5.41) is 7.63. The topological polar surface area (TPSA) is 83.3 Å². The monoisotopic (exact) mass is 527 g/mol. The van der Waals surface area contributed by atoms with Gasteiger partial charge in [-0.15, -0.1) is 0 Å². The highest BCUT2D eigenvalue weighted by Crippen LogP contribution is 2.39. The number of nitrogens with one attached hydrogen (secondary N) is 1. The van der Waals surface area contributed by atoms with E-state index in [0.717, 1.165) is 29.8 Å². The maximum absolute atomic E-state index is 13.3. The molecule has 11 heteroatoms. The van der Waals surface area contributed by atoms with Gasteiger partial charge in [-0.2, -0.15) is 18.3 Å². The van der Waals surface area contributed by atoms with Gasteiger partial charge in [-0.25, -0.2) is 9.97 Å². The van der Waals surface area contributed by atoms with Gasteiger partial charge >= 0.3 is 6.18 Å². The lowest BCUT2D eigenvalue weighted by atomic mass is 10.1. The SMILES string of the molecule is CCCc1nn(C)c2c(Nc3cccc(C(F)(F)F)c3)nc(/C=C/c3cc(OC)c(OC)c(OC)c3)nc12. The minimum absolute atomic E-state index is 0.248. The van der Waals surface area contributed by atoms with Gasteiger partial charge in [0.15, 0.2) is 23.1 Å². The summed E-state index contributed by atoms with van der Waals surface area (Å²) >= 11 is 0. The van der Waals surface area contributed by atoms with Gasteiger partial charge < -0.3 is 19.5 Å². The van der Waals surface area contributed by atoms with E-state index in [-0.39, 0.29) is 5.69 Å². The molecule has 0 fully saturated rings. The number of methoxy groups -OCH3 is 3. The molecular weight excluding hydrogens is 499 g/mol. The fourth-order valence-electron chi connectivity index (χ4n) is 4.10. The predicted octanol–water partition coefficient (Wildman–Crippen LogP) is 6.27. The normalized spacial score (nSPS) is 11.8. The van der Waals surface area contributed by atoms with Crippen LogP contribution in [0.15, 0.2) is 36.4 Å². The Morgan fingerprint density at radius 2 is 1.68 bits per heavy atom. The van der Waals surface area contributed by atoms with Crippen molar-refractivity contribution in [2.24, 2.45) is 7.05 Å². The average molecular weight is 528 g/mol. The molecule has 0 radical (unpaired) electrons. The maximum atomic E-state index is 13.3. The van der Waals surface area contributed by atoms with Crippen molar-refractivity contribution in [1.29, 1.82) is 0 Å². The standard InChI is InChI=1S/C27H28F3N5O3/c1-6-8-19-23-24(35(2)34-19)26(31-18-10-7-9-17(15-18)27(28,29)30)33-22(32-23)12-11-16-13-20(36-3)25(38-5)21(14-16)37-4/h7,9-15H,6,8H2,1-5H3,(H,31,32,33)/b12-11+. The number of benzene rings is 2. The van der Waals surface area contributed by atoms with E-state index in [2.05, 4.69) is 15.4 Å². The molecule has 0 saturated heterocycles. The molecule has 0 aliphatic carbocycles. The number of anilines is 2. The van der Waals surface area contributed by atoms with E-state index in [4.69, 9.17) is 19.2 Å². The van der Waals surface area contributed by atoms with Gasteiger partial charge in [0.1, 0.15) is 11.0 Å². The van der Waals surface area contributed by atoms with Crippen LogP contribution in [0.1, 0.15) is 36.0 Å². The van der Waals surface area contributed by atoms with Crippen molar-refractivity contribution in [2.75, 3.05) is 26.6 Å². The van der Waals surface area contributed by atoms with Gasteiger partial charge in [-0.1, -0.05) is 25.5 Å². The minimum Gasteiger partial charge on any atom is -0.493 e. The highest BCUT2D eigenvalue weighted by atomic mass is 19.4. The highest BCUT2D eigenvalue weighted by Gasteiger charge is 2.30. The third-order valence-electron chi connectivity index (χ3n) is 5.82. The Bertz CT molecular complexity index is 1460. The molecule has 2 aromatic heterocycles. The number of alkyl halides is 3. The van der Waals surface area contributed by atoms with Crippen molar-refractivity contribution in [2.45, 2.75) is 25.9 Å². The number of ether oxygens (including phenoxy) is 3. The second-order valence-corrected chi connectivity index (χ2v) is 8.44. The molecule has 0 aliphatic heterocycles. The summed E-state index contributed by atoms with van der Waals surface area (Å²) in [5.74, 6) is 2.15. The molecule has 2 aromatic carbocycles. The van der Waals surface area contributed by atoms with Crippen LogP contribution in [0.25, 0.3) is 23.2 Å². The minimum atomic E-state index is -4.46. The van der Waals surface area contributed by atoms with Gasteiger partial charge in [0.25, 0.3) is 0 Å². The third kappa shape index (κ3) is 5.51. The molecule has 0 spiro atoms. The van der Waals surface area contributed by atoms with Gasteiger partial charge in [-0.05, 0) is 48.4 Å². The molecule has 0 amide bonds. The highest BCUT2D eigenvalue weighted by molar-refractivity contribution is 5.90. The molecule has 0 aliphatic rings. The molecule has 200 valence electrons. The Kier molecular flexibility index (Phi) is 7.75. The smallest absolute Gasteiger partial charge is 0.416 e. The summed E-state index contributed by atoms with van der Waals surface area (Å²) in [5.41, 5.74) is 2.24. The van der Waals surface area contributed by atoms with E-state index < -0.39 is 11.7 Å². The fraction of sp³-hybridized carbons (Fsp3) is 0.296. The number of fused-ring (bicyclic) bond motifs is 1. The molecule has 0 atom stereocenters. The number of nitrogens with zero attached hydrogens (tertiary/aromatic N) is 4. The second-order valence-electron chi connectivity index (χ2n) is 8.44. The summed E-state index contributed by atoms with van der Waals surface area (Å²) in [6, 6.07) is 8.53. The van der Waals surface area contributed by atoms with Crippen molar-refractivity contribution in [1.82, 2.24) is 19.7 Å². The molecule has 4 rings (SSSR count). The molecule has 8 nitrogen and oxygen atoms in total. The molecule has 0 unspecified atom stereocenters. The zero-order valence-corrected chi connectivity index (χ0v) is 21.7. The maximum Gasteiger partial charge on any atom is 0.416 e. The molecule has 2 heterocycles. The van der Waals surface area contributed by atoms with Crippen molar-refractivity contribution in [3.63, 3.8) is 0 Å². The van der Waals surface area contributed by atoms with E-state index in [9.17, 15) is 13.2 Å². The van der Waals surface area contributed by atoms with E-state index in [0.29, 0.717) is 46.3 Å². The van der Waals surface area contributed by atoms with Crippen molar-refractivity contribution < 1.29 is 27.4 Å². The number of halogens is 3. The Balaban J connectivity index is 1.80. The van der Waals surface area contributed by atoms with Crippen molar-refractivity contribution >= 4 is 34.7 Å². The van der Waals surface area contributed by atoms with E-state index >= 15 is 0 Å². The fourth-order valence-corrected chi connectivity index (χ4v) is 4.10. The summed E-state index contributed by atoms with van der Waals surface area (Å²) in [7, 11) is 6.35. The molecular formula is C27H28F3N5O3. The largest absolute Gasteiger partial charge is 0.493 e. The average Bonchev–Trinajstić information content (AvgIpc) is 3.21. The van der Waals surface area contributed by atoms with E-state index in [1.165, 1.54) is 27.4 Å². The lowest BCUT2D eigenvalue weighted by Crippen LogP contribution is -2.06. The molecule has 38 heavy (non-hydrogen) atoms. The molecule has 4 aromatic rings. The second kappa shape index (κ2) is 11.0. The van der Waals surface area contributed by atoms with Gasteiger partial charge in [-0.3, -0.25) is 4.68 Å². The van der Waals surface area contributed by atoms with Gasteiger partial charge in [0, 0.05) is 12.7 Å². The predicted molar refractivity (Wildman–Crippen MR) is 140 cm³/mol. The van der Waals surface area contributed by atoms with Gasteiger partial charge in [0.05, 0.1) is 32.6 Å². The zero-order valence-electron chi connectivity index (χ0n) is 21.7. The quantitative estimate of drug-likeness (QED) is 0.275. The van der Waals surface area contributed by atoms with Crippen LogP contribution in [0.3, 0.4) is 0 Å². The number of aromatic nitrogens is 4. The Hall–Kier alpha value is -4.28. The van der Waals surface area contributed by atoms with Crippen LogP contribution in [0.5, 0.6) is 17.2 Å². The number of hydrogen-bond donors (Lipinski definition) is 1. The lowest BCUT2D eigenvalue weighted by molar-refractivity contribution is -0.137. The summed E-state index contributed by atoms with van der Waals surface area (Å²) < 4.78 is 57.7. The van der Waals surface area contributed by atoms with Crippen molar-refractivity contribution in [3.05, 3.63) is 59.0 Å². The summed E-state index contributed by atoms with van der Waals surface area (Å²) in [4.78, 5) is 9.34. The zero-order chi connectivity index (χ0) is 27.4. The summed E-state index contributed by atoms with van der Waals surface area (Å²) in [6.45, 7) is 2.04. The Morgan fingerprint density at radius 3 is 2.29 bits per heavy atom. The Morgan fingerprint density at radius 1 is 0.974 bits per heavy atom. The van der Waals surface area contributed by atoms with Crippen LogP contribution in [0, 0.1) is 0 Å². The third-order valence-corrected chi connectivity index (χ3v) is 5.82. The molecule has 0 bridgehead atoms. The first-order chi connectivity index (χ1) is 18.2.